The van der Waals surface area contributed by atoms with E-state index in [0.29, 0.717) is 44.1 Å². The highest BCUT2D eigenvalue weighted by Gasteiger charge is 2.56. The van der Waals surface area contributed by atoms with E-state index < -0.39 is 77.8 Å². The lowest BCUT2D eigenvalue weighted by Crippen LogP contribution is -2.64. The van der Waals surface area contributed by atoms with Gasteiger partial charge in [0, 0.05) is 52.0 Å². The number of carbonyl (C=O) groups excluding carboxylic acids is 4. The molecule has 0 aromatic heterocycles. The van der Waals surface area contributed by atoms with Gasteiger partial charge in [0.1, 0.15) is 24.0 Å². The lowest BCUT2D eigenvalue weighted by molar-refractivity contribution is -0.302. The van der Waals surface area contributed by atoms with Crippen LogP contribution in [0.2, 0.25) is 0 Å². The van der Waals surface area contributed by atoms with Crippen LogP contribution in [0.25, 0.3) is 0 Å². The quantitative estimate of drug-likeness (QED) is 0.146. The fourth-order valence-electron chi connectivity index (χ4n) is 9.36. The van der Waals surface area contributed by atoms with Gasteiger partial charge in [-0.05, 0) is 95.5 Å². The standard InChI is InChI=1S/C43H68ClNO11/c1-10-30-18-24(2)17-25(3)19-36(53-8)39-37(54-9)21-27(5)43(51,56-39)40(48)41(49)45-16-12-11-13-32(45)42(50)55-38(28(6)33(46)23-34(30)47)26(4)20-29-14-15-31(44)35(22-29)52-7/h18,20,25,27-33,35-39,46,51H,10-17,19,21-23H2,1-9H3/b24-18-,26-20+/t25-,27+,28+,29-,30+,31-,32+,33-,35+,36-,37-,38+,39+,43+/m0/s1. The highest BCUT2D eigenvalue weighted by molar-refractivity contribution is 6.39. The van der Waals surface area contributed by atoms with Crippen LogP contribution in [0, 0.1) is 29.6 Å². The normalized spacial score (nSPS) is 41.6. The molecule has 0 aromatic carbocycles. The number of piperidine rings is 1. The second-order valence-corrected chi connectivity index (χ2v) is 17.7. The number of cyclic esters (lactones) is 1. The Hall–Kier alpha value is -2.19. The zero-order valence-electron chi connectivity index (χ0n) is 35.0. The highest BCUT2D eigenvalue weighted by atomic mass is 35.5. The topological polar surface area (TPSA) is 158 Å². The predicted octanol–water partition coefficient (Wildman–Crippen LogP) is 5.72. The minimum atomic E-state index is -2.49. The van der Waals surface area contributed by atoms with Gasteiger partial charge in [0.05, 0.1) is 29.8 Å². The van der Waals surface area contributed by atoms with Crippen LogP contribution in [0.15, 0.2) is 23.3 Å². The number of allylic oxidation sites excluding steroid dienone is 3. The molecule has 1 amide bonds. The number of esters is 1. The van der Waals surface area contributed by atoms with E-state index in [2.05, 4.69) is 6.92 Å². The fraction of sp³-hybridized carbons (Fsp3) is 0.814. The number of aliphatic hydroxyl groups is 2. The number of halogens is 1. The Morgan fingerprint density at radius 2 is 1.62 bits per heavy atom. The van der Waals surface area contributed by atoms with E-state index in [-0.39, 0.29) is 54.9 Å². The summed E-state index contributed by atoms with van der Waals surface area (Å²) in [4.78, 5) is 57.7. The molecule has 1 saturated carbocycles. The third kappa shape index (κ3) is 10.9. The molecule has 4 aliphatic rings. The summed E-state index contributed by atoms with van der Waals surface area (Å²) in [6.45, 7) is 11.3. The van der Waals surface area contributed by atoms with Crippen molar-refractivity contribution >= 4 is 35.0 Å². The second kappa shape index (κ2) is 20.7. The number of ketones is 2. The molecule has 3 aliphatic heterocycles. The molecule has 2 saturated heterocycles. The second-order valence-electron chi connectivity index (χ2n) is 17.1. The van der Waals surface area contributed by atoms with Crippen molar-refractivity contribution in [3.05, 3.63) is 23.3 Å². The fourth-order valence-corrected chi connectivity index (χ4v) is 9.69. The number of alkyl halides is 1. The molecule has 1 aliphatic carbocycles. The first kappa shape index (κ1) is 46.5. The molecule has 56 heavy (non-hydrogen) atoms. The number of nitrogens with zero attached hydrogens (tertiary/aromatic N) is 1. The van der Waals surface area contributed by atoms with Crippen LogP contribution in [-0.2, 0) is 42.9 Å². The number of fused-ring (bicyclic) bond motifs is 3. The van der Waals surface area contributed by atoms with Crippen LogP contribution in [0.3, 0.4) is 0 Å². The van der Waals surface area contributed by atoms with E-state index in [9.17, 15) is 29.4 Å². The average Bonchev–Trinajstić information content (AvgIpc) is 3.18. The Balaban J connectivity index is 1.76. The van der Waals surface area contributed by atoms with Gasteiger partial charge in [0.25, 0.3) is 11.7 Å². The molecule has 3 fully saturated rings. The number of ether oxygens (including phenoxy) is 5. The summed E-state index contributed by atoms with van der Waals surface area (Å²) < 4.78 is 29.9. The predicted molar refractivity (Wildman–Crippen MR) is 212 cm³/mol. The van der Waals surface area contributed by atoms with Crippen LogP contribution in [0.5, 0.6) is 0 Å². The largest absolute Gasteiger partial charge is 0.456 e. The zero-order valence-corrected chi connectivity index (χ0v) is 35.8. The summed E-state index contributed by atoms with van der Waals surface area (Å²) in [5.41, 5.74) is 1.71. The van der Waals surface area contributed by atoms with E-state index in [0.717, 1.165) is 18.4 Å². The zero-order chi connectivity index (χ0) is 41.5. The van der Waals surface area contributed by atoms with Gasteiger partial charge in [-0.3, -0.25) is 14.4 Å². The van der Waals surface area contributed by atoms with Crippen molar-refractivity contribution in [2.45, 2.75) is 166 Å². The van der Waals surface area contributed by atoms with Gasteiger partial charge < -0.3 is 38.8 Å². The van der Waals surface area contributed by atoms with Crippen LogP contribution in [-0.4, -0.2) is 120 Å². The lowest BCUT2D eigenvalue weighted by atomic mass is 9.82. The summed E-state index contributed by atoms with van der Waals surface area (Å²) in [6, 6.07) is -1.12. The minimum Gasteiger partial charge on any atom is -0.456 e. The van der Waals surface area contributed by atoms with Gasteiger partial charge in [0.2, 0.25) is 5.79 Å². The smallest absolute Gasteiger partial charge is 0.329 e. The minimum absolute atomic E-state index is 0.0425. The molecule has 318 valence electrons. The summed E-state index contributed by atoms with van der Waals surface area (Å²) in [7, 11) is 4.71. The van der Waals surface area contributed by atoms with E-state index in [1.807, 2.05) is 32.9 Å². The lowest BCUT2D eigenvalue weighted by Gasteiger charge is -2.47. The Bertz CT molecular complexity index is 1440. The molecular formula is C43H68ClNO11. The maximum absolute atomic E-state index is 14.3. The molecule has 4 rings (SSSR count). The van der Waals surface area contributed by atoms with Crippen LogP contribution in [0.4, 0.5) is 0 Å². The molecule has 0 radical (unpaired) electrons. The summed E-state index contributed by atoms with van der Waals surface area (Å²) in [5.74, 6) is -7.31. The SMILES string of the molecule is CC[C@@H]1/C=C(/C)C[C@H](C)C[C@H](OC)[C@H]2O[C@@](O)(C(=O)C(=O)N3CCCC[C@@H]3C(=O)O[C@H](/C(C)=C/[C@@H]3CC[C@H](Cl)[C@H](OC)C3)[C@H](C)[C@@H](O)CC1=O)[C@H](C)C[C@@H]2OC. The Morgan fingerprint density at radius 3 is 2.27 bits per heavy atom. The first-order valence-corrected chi connectivity index (χ1v) is 21.2. The maximum atomic E-state index is 14.3. The molecule has 0 spiro atoms. The van der Waals surface area contributed by atoms with Gasteiger partial charge in [-0.1, -0.05) is 45.4 Å². The third-order valence-electron chi connectivity index (χ3n) is 12.8. The summed E-state index contributed by atoms with van der Waals surface area (Å²) >= 11 is 6.52. The molecule has 2 bridgehead atoms. The third-order valence-corrected chi connectivity index (χ3v) is 13.3. The van der Waals surface area contributed by atoms with E-state index >= 15 is 0 Å². The van der Waals surface area contributed by atoms with Gasteiger partial charge in [0.15, 0.2) is 0 Å². The number of methoxy groups -OCH3 is 3. The van der Waals surface area contributed by atoms with E-state index in [1.54, 1.807) is 21.0 Å². The number of rotatable bonds is 6. The van der Waals surface area contributed by atoms with Gasteiger partial charge >= 0.3 is 5.97 Å². The van der Waals surface area contributed by atoms with Crippen molar-refractivity contribution in [2.24, 2.45) is 29.6 Å². The molecule has 12 nitrogen and oxygen atoms in total. The van der Waals surface area contributed by atoms with Crippen molar-refractivity contribution in [1.82, 2.24) is 4.90 Å². The Morgan fingerprint density at radius 1 is 0.964 bits per heavy atom. The number of hydrogen-bond acceptors (Lipinski definition) is 11. The first-order valence-electron chi connectivity index (χ1n) is 20.7. The summed E-state index contributed by atoms with van der Waals surface area (Å²) in [6.07, 6.45) is 5.16. The van der Waals surface area contributed by atoms with Gasteiger partial charge in [-0.15, -0.1) is 11.6 Å². The Labute approximate surface area is 339 Å². The molecule has 13 heteroatoms. The molecule has 0 aromatic rings. The van der Waals surface area contributed by atoms with Crippen molar-refractivity contribution in [3.8, 4) is 0 Å². The van der Waals surface area contributed by atoms with Gasteiger partial charge in [-0.2, -0.15) is 0 Å². The summed E-state index contributed by atoms with van der Waals surface area (Å²) in [5, 5.41) is 23.6. The number of carbonyl (C=O) groups is 4. The van der Waals surface area contributed by atoms with Crippen LogP contribution >= 0.6 is 11.6 Å². The average molecular weight is 810 g/mol. The first-order chi connectivity index (χ1) is 26.5. The molecule has 3 heterocycles. The highest BCUT2D eigenvalue weighted by Crippen LogP contribution is 2.39. The number of aliphatic hydroxyl groups excluding tert-OH is 1. The van der Waals surface area contributed by atoms with Crippen molar-refractivity contribution in [1.29, 1.82) is 0 Å². The molecule has 0 unspecified atom stereocenters. The van der Waals surface area contributed by atoms with Crippen LogP contribution in [0.1, 0.15) is 112 Å². The number of hydrogen-bond donors (Lipinski definition) is 2. The monoisotopic (exact) mass is 809 g/mol. The molecule has 14 atom stereocenters. The van der Waals surface area contributed by atoms with Gasteiger partial charge in [-0.25, -0.2) is 4.79 Å². The van der Waals surface area contributed by atoms with E-state index in [1.165, 1.54) is 19.1 Å². The maximum Gasteiger partial charge on any atom is 0.329 e. The van der Waals surface area contributed by atoms with Crippen molar-refractivity contribution in [3.63, 3.8) is 0 Å². The van der Waals surface area contributed by atoms with Crippen LogP contribution < -0.4 is 0 Å². The molecular weight excluding hydrogens is 742 g/mol. The number of amides is 1. The van der Waals surface area contributed by atoms with E-state index in [4.69, 9.17) is 35.3 Å². The molecule has 2 N–H and O–H groups in total. The van der Waals surface area contributed by atoms with Crippen molar-refractivity contribution in [2.75, 3.05) is 27.9 Å². The van der Waals surface area contributed by atoms with Crippen molar-refractivity contribution < 1.29 is 53.1 Å². The Kier molecular flexibility index (Phi) is 17.2. The number of Topliss-reactive ketones (excluding diaryl/α,β-unsaturated/α-hetero) is 2.